The van der Waals surface area contributed by atoms with Gasteiger partial charge in [0, 0.05) is 30.1 Å². The van der Waals surface area contributed by atoms with E-state index in [0.29, 0.717) is 30.1 Å². The first-order valence-corrected chi connectivity index (χ1v) is 9.27. The van der Waals surface area contributed by atoms with E-state index < -0.39 is 10.0 Å². The van der Waals surface area contributed by atoms with Crippen LogP contribution in [0.15, 0.2) is 27.6 Å². The Bertz CT molecular complexity index is 563. The smallest absolute Gasteiger partial charge is 0.241 e. The Labute approximate surface area is 136 Å². The highest BCUT2D eigenvalue weighted by Crippen LogP contribution is 2.22. The van der Waals surface area contributed by atoms with E-state index in [9.17, 15) is 8.42 Å². The summed E-state index contributed by atoms with van der Waals surface area (Å²) in [4.78, 5) is 2.38. The molecule has 5 nitrogen and oxygen atoms in total. The number of rotatable bonds is 8. The Morgan fingerprint density at radius 3 is 2.62 bits per heavy atom. The van der Waals surface area contributed by atoms with Crippen LogP contribution in [0.25, 0.3) is 0 Å². The number of nitrogens with one attached hydrogen (secondary N) is 1. The van der Waals surface area contributed by atoms with Crippen LogP contribution in [-0.4, -0.2) is 39.5 Å². The number of benzene rings is 1. The zero-order chi connectivity index (χ0) is 16.0. The summed E-state index contributed by atoms with van der Waals surface area (Å²) < 4.78 is 27.7. The minimum atomic E-state index is -3.51. The Hall–Kier alpha value is -0.470. The van der Waals surface area contributed by atoms with Crippen molar-refractivity contribution < 1.29 is 8.42 Å². The van der Waals surface area contributed by atoms with Crippen LogP contribution < -0.4 is 10.5 Å². The van der Waals surface area contributed by atoms with Gasteiger partial charge >= 0.3 is 0 Å². The maximum atomic E-state index is 12.3. The lowest BCUT2D eigenvalue weighted by atomic mass is 10.2. The van der Waals surface area contributed by atoms with E-state index in [4.69, 9.17) is 5.73 Å². The second-order valence-electron chi connectivity index (χ2n) is 5.10. The first-order valence-electron chi connectivity index (χ1n) is 7.00. The molecule has 1 aromatic carbocycles. The van der Waals surface area contributed by atoms with Crippen molar-refractivity contribution in [1.29, 1.82) is 0 Å². The normalized spacial score (nSPS) is 13.6. The zero-order valence-electron chi connectivity index (χ0n) is 12.8. The van der Waals surface area contributed by atoms with Crippen molar-refractivity contribution in [2.75, 3.05) is 20.1 Å². The summed E-state index contributed by atoms with van der Waals surface area (Å²) >= 11 is 3.29. The molecule has 0 saturated carbocycles. The Morgan fingerprint density at radius 1 is 1.43 bits per heavy atom. The number of nitrogens with zero attached hydrogens (tertiary/aromatic N) is 1. The lowest BCUT2D eigenvalue weighted by Crippen LogP contribution is -2.37. The van der Waals surface area contributed by atoms with Crippen molar-refractivity contribution in [3.8, 4) is 0 Å². The largest absolute Gasteiger partial charge is 0.326 e. The number of sulfonamides is 1. The molecule has 1 rings (SSSR count). The molecule has 0 amide bonds. The van der Waals surface area contributed by atoms with Gasteiger partial charge in [0.1, 0.15) is 0 Å². The Morgan fingerprint density at radius 2 is 2.10 bits per heavy atom. The Balaban J connectivity index is 2.70. The van der Waals surface area contributed by atoms with Gasteiger partial charge in [-0.3, -0.25) is 0 Å². The van der Waals surface area contributed by atoms with Gasteiger partial charge in [0.15, 0.2) is 0 Å². The molecule has 0 fully saturated rings. The van der Waals surface area contributed by atoms with Crippen molar-refractivity contribution in [1.82, 2.24) is 9.62 Å². The van der Waals surface area contributed by atoms with Gasteiger partial charge in [0.05, 0.1) is 4.90 Å². The van der Waals surface area contributed by atoms with Crippen LogP contribution in [0.5, 0.6) is 0 Å². The molecule has 0 radical (unpaired) electrons. The van der Waals surface area contributed by atoms with E-state index in [-0.39, 0.29) is 4.90 Å². The zero-order valence-corrected chi connectivity index (χ0v) is 15.2. The summed E-state index contributed by atoms with van der Waals surface area (Å²) in [6.45, 7) is 5.67. The average molecular weight is 378 g/mol. The molecule has 0 bridgehead atoms. The molecular formula is C14H24BrN3O2S. The maximum absolute atomic E-state index is 12.3. The molecular weight excluding hydrogens is 354 g/mol. The third kappa shape index (κ3) is 5.34. The molecule has 0 heterocycles. The molecule has 21 heavy (non-hydrogen) atoms. The van der Waals surface area contributed by atoms with Gasteiger partial charge in [0.25, 0.3) is 0 Å². The molecule has 1 atom stereocenters. The highest BCUT2D eigenvalue weighted by atomic mass is 79.9. The highest BCUT2D eigenvalue weighted by Gasteiger charge is 2.17. The summed E-state index contributed by atoms with van der Waals surface area (Å²) in [5, 5.41) is 0. The topological polar surface area (TPSA) is 75.4 Å². The van der Waals surface area contributed by atoms with E-state index in [0.717, 1.165) is 12.0 Å². The summed E-state index contributed by atoms with van der Waals surface area (Å²) in [5.74, 6) is 0. The summed E-state index contributed by atoms with van der Waals surface area (Å²) in [7, 11) is -1.51. The summed E-state index contributed by atoms with van der Waals surface area (Å²) in [5.41, 5.74) is 6.43. The van der Waals surface area contributed by atoms with Crippen molar-refractivity contribution in [2.45, 2.75) is 37.8 Å². The standard InChI is InChI=1S/C14H24BrN3O2S/c1-4-11(2)18(3)8-7-17-21(19,20)14-6-5-12(10-16)9-13(14)15/h5-6,9,11,17H,4,7-8,10,16H2,1-3H3. The molecule has 0 aliphatic carbocycles. The predicted molar refractivity (Wildman–Crippen MR) is 89.6 cm³/mol. The fourth-order valence-corrected chi connectivity index (χ4v) is 4.00. The SMILES string of the molecule is CCC(C)N(C)CCNS(=O)(=O)c1ccc(CN)cc1Br. The van der Waals surface area contributed by atoms with Gasteiger partial charge < -0.3 is 10.6 Å². The van der Waals surface area contributed by atoms with Crippen molar-refractivity contribution in [3.63, 3.8) is 0 Å². The highest BCUT2D eigenvalue weighted by molar-refractivity contribution is 9.10. The van der Waals surface area contributed by atoms with Crippen LogP contribution >= 0.6 is 15.9 Å². The second kappa shape index (κ2) is 8.24. The van der Waals surface area contributed by atoms with Gasteiger partial charge in [-0.15, -0.1) is 0 Å². The number of nitrogens with two attached hydrogens (primary N) is 1. The third-order valence-corrected chi connectivity index (χ3v) is 6.06. The number of likely N-dealkylation sites (N-methyl/N-ethyl adjacent to an activating group) is 1. The molecule has 3 N–H and O–H groups in total. The average Bonchev–Trinajstić information content (AvgIpc) is 2.45. The van der Waals surface area contributed by atoms with Gasteiger partial charge in [0.2, 0.25) is 10.0 Å². The van der Waals surface area contributed by atoms with E-state index in [1.807, 2.05) is 7.05 Å². The monoisotopic (exact) mass is 377 g/mol. The van der Waals surface area contributed by atoms with Crippen molar-refractivity contribution >= 4 is 26.0 Å². The van der Waals surface area contributed by atoms with Crippen LogP contribution in [0.2, 0.25) is 0 Å². The lowest BCUT2D eigenvalue weighted by molar-refractivity contribution is 0.256. The van der Waals surface area contributed by atoms with E-state index in [1.54, 1.807) is 18.2 Å². The molecule has 1 unspecified atom stereocenters. The number of halogens is 1. The summed E-state index contributed by atoms with van der Waals surface area (Å²) in [6.07, 6.45) is 1.04. The molecule has 0 aliphatic heterocycles. The fraction of sp³-hybridized carbons (Fsp3) is 0.571. The lowest BCUT2D eigenvalue weighted by Gasteiger charge is -2.23. The van der Waals surface area contributed by atoms with Gasteiger partial charge in [-0.05, 0) is 54.0 Å². The second-order valence-corrected chi connectivity index (χ2v) is 7.69. The molecule has 1 aromatic rings. The minimum Gasteiger partial charge on any atom is -0.326 e. The first kappa shape index (κ1) is 18.6. The number of hydrogen-bond acceptors (Lipinski definition) is 4. The maximum Gasteiger partial charge on any atom is 0.241 e. The fourth-order valence-electron chi connectivity index (χ4n) is 1.86. The molecule has 0 aliphatic rings. The van der Waals surface area contributed by atoms with E-state index in [1.165, 1.54) is 0 Å². The minimum absolute atomic E-state index is 0.242. The number of hydrogen-bond donors (Lipinski definition) is 2. The van der Waals surface area contributed by atoms with Crippen LogP contribution in [0.1, 0.15) is 25.8 Å². The van der Waals surface area contributed by atoms with Gasteiger partial charge in [-0.1, -0.05) is 13.0 Å². The van der Waals surface area contributed by atoms with Crippen LogP contribution in [0.4, 0.5) is 0 Å². The molecule has 7 heteroatoms. The quantitative estimate of drug-likeness (QED) is 0.725. The van der Waals surface area contributed by atoms with E-state index in [2.05, 4.69) is 39.4 Å². The van der Waals surface area contributed by atoms with Crippen LogP contribution in [-0.2, 0) is 16.6 Å². The molecule has 0 spiro atoms. The van der Waals surface area contributed by atoms with Gasteiger partial charge in [-0.25, -0.2) is 13.1 Å². The molecule has 120 valence electrons. The summed E-state index contributed by atoms with van der Waals surface area (Å²) in [6, 6.07) is 5.47. The van der Waals surface area contributed by atoms with Crippen LogP contribution in [0.3, 0.4) is 0 Å². The Kier molecular flexibility index (Phi) is 7.29. The van der Waals surface area contributed by atoms with Crippen molar-refractivity contribution in [2.24, 2.45) is 5.73 Å². The van der Waals surface area contributed by atoms with E-state index >= 15 is 0 Å². The van der Waals surface area contributed by atoms with Gasteiger partial charge in [-0.2, -0.15) is 0 Å². The molecule has 0 saturated heterocycles. The van der Waals surface area contributed by atoms with Crippen LogP contribution in [0, 0.1) is 0 Å². The third-order valence-electron chi connectivity index (χ3n) is 3.62. The predicted octanol–water partition coefficient (Wildman–Crippen LogP) is 1.92. The van der Waals surface area contributed by atoms with Crippen molar-refractivity contribution in [3.05, 3.63) is 28.2 Å². The molecule has 0 aromatic heterocycles. The first-order chi connectivity index (χ1) is 9.81.